The highest BCUT2D eigenvalue weighted by molar-refractivity contribution is 6.32. The van der Waals surface area contributed by atoms with Crippen molar-refractivity contribution in [3.05, 3.63) is 22.8 Å². The van der Waals surface area contributed by atoms with Gasteiger partial charge >= 0.3 is 0 Å². The number of carbonyl (C=O) groups excluding carboxylic acids is 5. The van der Waals surface area contributed by atoms with Crippen LogP contribution in [-0.2, 0) is 32.1 Å². The number of nitrogens with zero attached hydrogens (tertiary/aromatic N) is 3. The molecular weight excluding hydrogens is 544 g/mol. The molecule has 0 aromatic heterocycles. The highest BCUT2D eigenvalue weighted by Crippen LogP contribution is 2.52. The Morgan fingerprint density at radius 2 is 1.83 bits per heavy atom. The minimum atomic E-state index is -2.74. The van der Waals surface area contributed by atoms with E-state index in [9.17, 15) is 39.3 Å². The maximum atomic E-state index is 14.0. The average molecular weight is 585 g/mol. The van der Waals surface area contributed by atoms with Crippen molar-refractivity contribution >= 4 is 34.7 Å². The summed E-state index contributed by atoms with van der Waals surface area (Å²) in [5.41, 5.74) is 4.78. The van der Waals surface area contributed by atoms with Crippen LogP contribution in [0.25, 0.3) is 0 Å². The maximum absolute atomic E-state index is 14.0. The number of benzene rings is 1. The van der Waals surface area contributed by atoms with Crippen LogP contribution in [-0.4, -0.2) is 113 Å². The van der Waals surface area contributed by atoms with Gasteiger partial charge in [-0.05, 0) is 75.9 Å². The summed E-state index contributed by atoms with van der Waals surface area (Å²) < 4.78 is 0. The first-order valence-electron chi connectivity index (χ1n) is 14.5. The average Bonchev–Trinajstić information content (AvgIpc) is 3.32. The van der Waals surface area contributed by atoms with Gasteiger partial charge in [0.1, 0.15) is 5.75 Å². The molecule has 0 spiro atoms. The summed E-state index contributed by atoms with van der Waals surface area (Å²) in [4.78, 5) is 72.6. The Kier molecular flexibility index (Phi) is 7.80. The van der Waals surface area contributed by atoms with Gasteiger partial charge in [-0.1, -0.05) is 0 Å². The van der Waals surface area contributed by atoms with Gasteiger partial charge in [0.2, 0.25) is 5.91 Å². The number of ketones is 4. The van der Waals surface area contributed by atoms with Crippen molar-refractivity contribution in [3.63, 3.8) is 0 Å². The van der Waals surface area contributed by atoms with E-state index in [1.165, 1.54) is 4.90 Å². The van der Waals surface area contributed by atoms with Gasteiger partial charge < -0.3 is 26.0 Å². The number of nitrogens with two attached hydrogens (primary N) is 1. The summed E-state index contributed by atoms with van der Waals surface area (Å²) in [6, 6.07) is 0.607. The van der Waals surface area contributed by atoms with Gasteiger partial charge in [-0.2, -0.15) is 0 Å². The lowest BCUT2D eigenvalue weighted by Gasteiger charge is -2.52. The summed E-state index contributed by atoms with van der Waals surface area (Å²) in [6.07, 6.45) is 2.82. The van der Waals surface area contributed by atoms with Gasteiger partial charge in [0, 0.05) is 44.9 Å². The molecule has 3 aliphatic carbocycles. The number of Topliss-reactive ketones (excluding diaryl/α,β-unsaturated/α-hetero) is 4. The molecule has 3 fully saturated rings. The van der Waals surface area contributed by atoms with Crippen LogP contribution < -0.4 is 10.6 Å². The van der Waals surface area contributed by atoms with Crippen LogP contribution in [0, 0.1) is 23.7 Å². The Hall–Kier alpha value is -3.19. The number of likely N-dealkylation sites (tertiary alicyclic amines) is 1. The molecule has 228 valence electrons. The second kappa shape index (κ2) is 10.8. The van der Waals surface area contributed by atoms with E-state index in [1.807, 2.05) is 19.0 Å². The number of phenolic OH excluding ortho intramolecular Hbond substituents is 1. The third kappa shape index (κ3) is 4.38. The van der Waals surface area contributed by atoms with E-state index in [4.69, 9.17) is 5.73 Å². The van der Waals surface area contributed by atoms with E-state index >= 15 is 0 Å². The predicted molar refractivity (Wildman–Crippen MR) is 151 cm³/mol. The Morgan fingerprint density at radius 1 is 1.14 bits per heavy atom. The number of rotatable bonds is 7. The van der Waals surface area contributed by atoms with Crippen molar-refractivity contribution < 1.29 is 39.3 Å². The highest BCUT2D eigenvalue weighted by Gasteiger charge is 2.69. The third-order valence-electron chi connectivity index (χ3n) is 9.89. The molecule has 1 aliphatic heterocycles. The van der Waals surface area contributed by atoms with Crippen molar-refractivity contribution in [1.29, 1.82) is 0 Å². The van der Waals surface area contributed by atoms with Crippen LogP contribution in [0.5, 0.6) is 5.75 Å². The molecular formula is C30H40N4O8. The SMILES string of the molecule is CN(C)c1c(CN2CCC[C@H]2CCO)cc(O)c2c1C[C@H]1C[C@H]3[C@H](N(C)C)C(=O)C(C(N)=O)C(=O)[C@@]3(O)C(=O)C1C2=O. The number of likely N-dealkylation sites (N-methyl/N-ethyl adjacent to an activating group) is 1. The molecule has 1 amide bonds. The minimum Gasteiger partial charge on any atom is -0.507 e. The lowest BCUT2D eigenvalue weighted by atomic mass is 9.52. The molecule has 1 aromatic carbocycles. The molecule has 1 aromatic rings. The Bertz CT molecular complexity index is 1360. The molecule has 1 heterocycles. The van der Waals surface area contributed by atoms with Crippen LogP contribution in [0.2, 0.25) is 0 Å². The summed E-state index contributed by atoms with van der Waals surface area (Å²) in [7, 11) is 6.81. The Morgan fingerprint density at radius 3 is 2.43 bits per heavy atom. The van der Waals surface area contributed by atoms with Crippen LogP contribution >= 0.6 is 0 Å². The Labute approximate surface area is 244 Å². The maximum Gasteiger partial charge on any atom is 0.235 e. The molecule has 7 atom stereocenters. The monoisotopic (exact) mass is 584 g/mol. The lowest BCUT2D eigenvalue weighted by molar-refractivity contribution is -0.181. The van der Waals surface area contributed by atoms with Gasteiger partial charge in [-0.25, -0.2) is 0 Å². The normalized spacial score (nSPS) is 33.0. The quantitative estimate of drug-likeness (QED) is 0.297. The van der Waals surface area contributed by atoms with E-state index in [1.54, 1.807) is 20.2 Å². The van der Waals surface area contributed by atoms with Crippen LogP contribution in [0.15, 0.2) is 6.07 Å². The molecule has 4 aliphatic rings. The number of hydrogen-bond donors (Lipinski definition) is 4. The fraction of sp³-hybridized carbons (Fsp3) is 0.633. The lowest BCUT2D eigenvalue weighted by Crippen LogP contribution is -2.74. The third-order valence-corrected chi connectivity index (χ3v) is 9.89. The highest BCUT2D eigenvalue weighted by atomic mass is 16.3. The molecule has 12 heteroatoms. The second-order valence-corrected chi connectivity index (χ2v) is 12.7. The molecule has 2 unspecified atom stereocenters. The second-order valence-electron chi connectivity index (χ2n) is 12.7. The zero-order valence-corrected chi connectivity index (χ0v) is 24.5. The van der Waals surface area contributed by atoms with E-state index in [0.717, 1.165) is 30.6 Å². The molecule has 1 saturated heterocycles. The number of primary amides is 1. The van der Waals surface area contributed by atoms with Crippen molar-refractivity contribution in [2.45, 2.75) is 56.3 Å². The fourth-order valence-electron chi connectivity index (χ4n) is 8.20. The molecule has 2 saturated carbocycles. The van der Waals surface area contributed by atoms with Crippen LogP contribution in [0.1, 0.15) is 47.2 Å². The molecule has 0 bridgehead atoms. The minimum absolute atomic E-state index is 0.00640. The van der Waals surface area contributed by atoms with Gasteiger partial charge in [0.15, 0.2) is 34.7 Å². The van der Waals surface area contributed by atoms with Gasteiger partial charge in [0.25, 0.3) is 0 Å². The van der Waals surface area contributed by atoms with Crippen molar-refractivity contribution in [2.24, 2.45) is 29.4 Å². The van der Waals surface area contributed by atoms with Crippen LogP contribution in [0.3, 0.4) is 0 Å². The summed E-state index contributed by atoms with van der Waals surface area (Å²) >= 11 is 0. The van der Waals surface area contributed by atoms with Gasteiger partial charge in [0.05, 0.1) is 17.5 Å². The van der Waals surface area contributed by atoms with E-state index in [-0.39, 0.29) is 36.8 Å². The summed E-state index contributed by atoms with van der Waals surface area (Å²) in [5, 5.41) is 32.5. The topological polar surface area (TPSA) is 182 Å². The van der Waals surface area contributed by atoms with E-state index < -0.39 is 64.4 Å². The number of amides is 1. The van der Waals surface area contributed by atoms with Crippen LogP contribution in [0.4, 0.5) is 5.69 Å². The first-order chi connectivity index (χ1) is 19.7. The van der Waals surface area contributed by atoms with E-state index in [2.05, 4.69) is 4.90 Å². The number of phenols is 1. The predicted octanol–water partition coefficient (Wildman–Crippen LogP) is -0.720. The summed E-state index contributed by atoms with van der Waals surface area (Å²) in [5.74, 6) is -10.5. The molecule has 5 rings (SSSR count). The van der Waals surface area contributed by atoms with Gasteiger partial charge in [-0.15, -0.1) is 0 Å². The smallest absolute Gasteiger partial charge is 0.235 e. The summed E-state index contributed by atoms with van der Waals surface area (Å²) in [6.45, 7) is 1.42. The van der Waals surface area contributed by atoms with Crippen molar-refractivity contribution in [3.8, 4) is 5.75 Å². The molecule has 42 heavy (non-hydrogen) atoms. The number of anilines is 1. The zero-order chi connectivity index (χ0) is 30.8. The number of fused-ring (bicyclic) bond motifs is 3. The van der Waals surface area contributed by atoms with Crippen molar-refractivity contribution in [1.82, 2.24) is 9.80 Å². The molecule has 5 N–H and O–H groups in total. The number of aliphatic hydroxyl groups is 2. The largest absolute Gasteiger partial charge is 0.507 e. The van der Waals surface area contributed by atoms with Crippen molar-refractivity contribution in [2.75, 3.05) is 46.2 Å². The number of carbonyl (C=O) groups is 5. The fourth-order valence-corrected chi connectivity index (χ4v) is 8.20. The van der Waals surface area contributed by atoms with Gasteiger partial charge in [-0.3, -0.25) is 33.8 Å². The number of aromatic hydroxyl groups is 1. The first-order valence-corrected chi connectivity index (χ1v) is 14.5. The Balaban J connectivity index is 1.60. The number of aliphatic hydroxyl groups excluding tert-OH is 1. The number of hydrogen-bond acceptors (Lipinski definition) is 11. The molecule has 12 nitrogen and oxygen atoms in total. The van der Waals surface area contributed by atoms with E-state index in [0.29, 0.717) is 18.5 Å². The molecule has 0 radical (unpaired) electrons. The standard InChI is InChI=1S/C30H40N4O8/c1-32(2)23-15(13-34-8-5-6-16(34)7-9-35)12-19(36)21-17(23)10-14-11-18-24(33(3)4)26(38)22(29(31)41)28(40)30(18,42)27(39)20(14)25(21)37/h12,14,16,18,20,22,24,35-36,42H,5-11,13H2,1-4H3,(H2,31,41)/t14-,16-,18-,20?,22?,24-,30-/m0/s1. The zero-order valence-electron chi connectivity index (χ0n) is 24.5. The first kappa shape index (κ1) is 30.3.